The van der Waals surface area contributed by atoms with Crippen molar-refractivity contribution >= 4 is 0 Å². The lowest BCUT2D eigenvalue weighted by molar-refractivity contribution is 0.124. The van der Waals surface area contributed by atoms with E-state index in [-0.39, 0.29) is 0 Å². The molecule has 0 amide bonds. The molecule has 1 N–H and O–H groups in total. The predicted octanol–water partition coefficient (Wildman–Crippen LogP) is 2.15. The fraction of sp³-hybridized carbons (Fsp3) is 0.706. The average Bonchev–Trinajstić information content (AvgIpc) is 2.54. The van der Waals surface area contributed by atoms with E-state index < -0.39 is 0 Å². The van der Waals surface area contributed by atoms with Crippen molar-refractivity contribution in [1.82, 2.24) is 20.1 Å². The molecule has 1 aromatic rings. The van der Waals surface area contributed by atoms with Crippen molar-refractivity contribution in [3.63, 3.8) is 0 Å². The van der Waals surface area contributed by atoms with Crippen molar-refractivity contribution in [1.29, 1.82) is 0 Å². The summed E-state index contributed by atoms with van der Waals surface area (Å²) in [6.45, 7) is 12.5. The quantitative estimate of drug-likeness (QED) is 0.795. The molecule has 0 bridgehead atoms. The van der Waals surface area contributed by atoms with E-state index in [0.29, 0.717) is 6.04 Å². The summed E-state index contributed by atoms with van der Waals surface area (Å²) in [4.78, 5) is 9.57. The van der Waals surface area contributed by atoms with E-state index in [1.165, 1.54) is 31.5 Å². The Morgan fingerprint density at radius 1 is 1.24 bits per heavy atom. The third kappa shape index (κ3) is 5.06. The highest BCUT2D eigenvalue weighted by atomic mass is 15.2. The van der Waals surface area contributed by atoms with Crippen LogP contribution in [0.25, 0.3) is 0 Å². The van der Waals surface area contributed by atoms with Gasteiger partial charge in [-0.25, -0.2) is 0 Å². The van der Waals surface area contributed by atoms with Gasteiger partial charge in [-0.3, -0.25) is 9.88 Å². The molecule has 2 rings (SSSR count). The second-order valence-electron chi connectivity index (χ2n) is 5.89. The largest absolute Gasteiger partial charge is 0.314 e. The topological polar surface area (TPSA) is 31.4 Å². The summed E-state index contributed by atoms with van der Waals surface area (Å²) >= 11 is 0. The highest BCUT2D eigenvalue weighted by molar-refractivity contribution is 5.15. The predicted molar refractivity (Wildman–Crippen MR) is 88.4 cm³/mol. The summed E-state index contributed by atoms with van der Waals surface area (Å²) in [7, 11) is 0. The van der Waals surface area contributed by atoms with Crippen LogP contribution in [0.2, 0.25) is 0 Å². The Labute approximate surface area is 129 Å². The summed E-state index contributed by atoms with van der Waals surface area (Å²) in [5, 5.41) is 3.45. The molecule has 4 nitrogen and oxygen atoms in total. The zero-order valence-corrected chi connectivity index (χ0v) is 13.6. The van der Waals surface area contributed by atoms with E-state index in [1.807, 2.05) is 12.4 Å². The smallest absolute Gasteiger partial charge is 0.0491 e. The van der Waals surface area contributed by atoms with Gasteiger partial charge in [0.1, 0.15) is 0 Å². The number of piperazine rings is 1. The van der Waals surface area contributed by atoms with Gasteiger partial charge in [0.25, 0.3) is 0 Å². The van der Waals surface area contributed by atoms with Crippen molar-refractivity contribution in [2.45, 2.75) is 32.7 Å². The lowest BCUT2D eigenvalue weighted by Crippen LogP contribution is -2.48. The standard InChI is InChI=1S/C17H30N4/c1-3-10-20(11-4-2)15-17(16-6-5-7-19-14-16)21-12-8-18-9-13-21/h5-7,14,17-18H,3-4,8-13,15H2,1-2H3. The molecule has 118 valence electrons. The maximum atomic E-state index is 4.34. The summed E-state index contributed by atoms with van der Waals surface area (Å²) in [6.07, 6.45) is 6.36. The van der Waals surface area contributed by atoms with Gasteiger partial charge in [0.15, 0.2) is 0 Å². The molecule has 0 saturated carbocycles. The van der Waals surface area contributed by atoms with Crippen molar-refractivity contribution in [2.24, 2.45) is 0 Å². The summed E-state index contributed by atoms with van der Waals surface area (Å²) in [6, 6.07) is 4.77. The minimum absolute atomic E-state index is 0.471. The minimum atomic E-state index is 0.471. The van der Waals surface area contributed by atoms with E-state index >= 15 is 0 Å². The molecule has 0 spiro atoms. The van der Waals surface area contributed by atoms with Gasteiger partial charge in [-0.1, -0.05) is 19.9 Å². The SMILES string of the molecule is CCCN(CCC)CC(c1cccnc1)N1CCNCC1. The lowest BCUT2D eigenvalue weighted by atomic mass is 10.1. The van der Waals surface area contributed by atoms with Gasteiger partial charge in [-0.05, 0) is 37.6 Å². The molecule has 1 unspecified atom stereocenters. The number of pyridine rings is 1. The Bertz CT molecular complexity index is 370. The fourth-order valence-electron chi connectivity index (χ4n) is 3.17. The third-order valence-corrected chi connectivity index (χ3v) is 4.17. The molecule has 4 heteroatoms. The summed E-state index contributed by atoms with van der Waals surface area (Å²) in [5.74, 6) is 0. The van der Waals surface area contributed by atoms with Gasteiger partial charge in [0.05, 0.1) is 0 Å². The van der Waals surface area contributed by atoms with Crippen LogP contribution in [0.15, 0.2) is 24.5 Å². The van der Waals surface area contributed by atoms with E-state index in [1.54, 1.807) is 0 Å². The number of hydrogen-bond acceptors (Lipinski definition) is 4. The van der Waals surface area contributed by atoms with Gasteiger partial charge in [-0.15, -0.1) is 0 Å². The average molecular weight is 290 g/mol. The van der Waals surface area contributed by atoms with Crippen LogP contribution in [-0.2, 0) is 0 Å². The molecule has 0 aromatic carbocycles. The zero-order valence-electron chi connectivity index (χ0n) is 13.6. The van der Waals surface area contributed by atoms with Crippen molar-refractivity contribution in [3.05, 3.63) is 30.1 Å². The Kier molecular flexibility index (Phi) is 7.13. The Morgan fingerprint density at radius 2 is 1.95 bits per heavy atom. The number of aromatic nitrogens is 1. The number of rotatable bonds is 8. The maximum absolute atomic E-state index is 4.34. The van der Waals surface area contributed by atoms with Gasteiger partial charge >= 0.3 is 0 Å². The number of nitrogens with one attached hydrogen (secondary N) is 1. The third-order valence-electron chi connectivity index (χ3n) is 4.17. The Hall–Kier alpha value is -0.970. The van der Waals surface area contributed by atoms with Gasteiger partial charge < -0.3 is 10.2 Å². The van der Waals surface area contributed by atoms with Gasteiger partial charge in [-0.2, -0.15) is 0 Å². The lowest BCUT2D eigenvalue weighted by Gasteiger charge is -2.38. The monoisotopic (exact) mass is 290 g/mol. The zero-order chi connectivity index (χ0) is 14.9. The molecule has 2 heterocycles. The normalized spacial score (nSPS) is 18.0. The maximum Gasteiger partial charge on any atom is 0.0491 e. The Balaban J connectivity index is 2.10. The first-order chi connectivity index (χ1) is 10.3. The van der Waals surface area contributed by atoms with Crippen LogP contribution in [0.1, 0.15) is 38.3 Å². The van der Waals surface area contributed by atoms with Crippen LogP contribution in [0.5, 0.6) is 0 Å². The number of hydrogen-bond donors (Lipinski definition) is 1. The van der Waals surface area contributed by atoms with Crippen molar-refractivity contribution in [3.8, 4) is 0 Å². The molecule has 0 aliphatic carbocycles. The second kappa shape index (κ2) is 9.13. The first kappa shape index (κ1) is 16.4. The molecule has 1 saturated heterocycles. The molecule has 1 aromatic heterocycles. The minimum Gasteiger partial charge on any atom is -0.314 e. The van der Waals surface area contributed by atoms with Crippen LogP contribution in [-0.4, -0.2) is 60.6 Å². The first-order valence-corrected chi connectivity index (χ1v) is 8.42. The van der Waals surface area contributed by atoms with Crippen LogP contribution >= 0.6 is 0 Å². The van der Waals surface area contributed by atoms with Gasteiger partial charge in [0.2, 0.25) is 0 Å². The second-order valence-corrected chi connectivity index (χ2v) is 5.89. The van der Waals surface area contributed by atoms with Crippen LogP contribution < -0.4 is 5.32 Å². The molecule has 1 aliphatic rings. The highest BCUT2D eigenvalue weighted by Crippen LogP contribution is 2.22. The van der Waals surface area contributed by atoms with E-state index in [0.717, 1.165) is 32.7 Å². The molecule has 1 atom stereocenters. The van der Waals surface area contributed by atoms with E-state index in [9.17, 15) is 0 Å². The van der Waals surface area contributed by atoms with Crippen LogP contribution in [0.3, 0.4) is 0 Å². The molecule has 1 fully saturated rings. The van der Waals surface area contributed by atoms with Crippen molar-refractivity contribution < 1.29 is 0 Å². The van der Waals surface area contributed by atoms with E-state index in [2.05, 4.69) is 46.1 Å². The van der Waals surface area contributed by atoms with E-state index in [4.69, 9.17) is 0 Å². The molecular formula is C17H30N4. The first-order valence-electron chi connectivity index (χ1n) is 8.42. The van der Waals surface area contributed by atoms with Crippen LogP contribution in [0.4, 0.5) is 0 Å². The summed E-state index contributed by atoms with van der Waals surface area (Å²) < 4.78 is 0. The molecule has 0 radical (unpaired) electrons. The number of nitrogens with zero attached hydrogens (tertiary/aromatic N) is 3. The molecular weight excluding hydrogens is 260 g/mol. The Morgan fingerprint density at radius 3 is 2.52 bits per heavy atom. The highest BCUT2D eigenvalue weighted by Gasteiger charge is 2.24. The van der Waals surface area contributed by atoms with Crippen molar-refractivity contribution in [2.75, 3.05) is 45.8 Å². The van der Waals surface area contributed by atoms with Gasteiger partial charge in [0, 0.05) is 51.2 Å². The summed E-state index contributed by atoms with van der Waals surface area (Å²) in [5.41, 5.74) is 1.36. The molecule has 1 aliphatic heterocycles. The van der Waals surface area contributed by atoms with Crippen LogP contribution in [0, 0.1) is 0 Å². The molecule has 21 heavy (non-hydrogen) atoms. The fourth-order valence-corrected chi connectivity index (χ4v) is 3.17.